The van der Waals surface area contributed by atoms with Crippen molar-refractivity contribution in [2.45, 2.75) is 25.7 Å². The van der Waals surface area contributed by atoms with Gasteiger partial charge in [-0.05, 0) is 60.9 Å². The van der Waals surface area contributed by atoms with Crippen LogP contribution in [0.1, 0.15) is 36.8 Å². The Morgan fingerprint density at radius 1 is 1.29 bits per heavy atom. The van der Waals surface area contributed by atoms with Gasteiger partial charge in [0.15, 0.2) is 0 Å². The molecule has 3 fully saturated rings. The third kappa shape index (κ3) is 2.97. The number of carbonyl (C=O) groups excluding carboxylic acids is 1. The van der Waals surface area contributed by atoms with Gasteiger partial charge in [0.1, 0.15) is 6.07 Å². The molecule has 3 heterocycles. The van der Waals surface area contributed by atoms with E-state index in [1.807, 2.05) is 12.1 Å². The van der Waals surface area contributed by atoms with Gasteiger partial charge in [-0.25, -0.2) is 0 Å². The molecule has 1 aromatic heterocycles. The highest BCUT2D eigenvalue weighted by Crippen LogP contribution is 2.51. The molecule has 5 nitrogen and oxygen atoms in total. The Labute approximate surface area is 165 Å². The quantitative estimate of drug-likeness (QED) is 0.897. The fourth-order valence-electron chi connectivity index (χ4n) is 5.60. The van der Waals surface area contributed by atoms with Crippen molar-refractivity contribution in [1.82, 2.24) is 15.2 Å². The molecular weight excluding hydrogens is 348 g/mol. The summed E-state index contributed by atoms with van der Waals surface area (Å²) < 4.78 is 0. The zero-order valence-electron chi connectivity index (χ0n) is 16.3. The van der Waals surface area contributed by atoms with Gasteiger partial charge in [-0.2, -0.15) is 5.26 Å². The molecule has 1 aliphatic carbocycles. The van der Waals surface area contributed by atoms with Crippen LogP contribution in [0.15, 0.2) is 30.5 Å². The average molecular weight is 374 g/mol. The fraction of sp³-hybridized carbons (Fsp3) is 0.522. The molecule has 144 valence electrons. The SMILES string of the molecule is CC1CC(c2ccc(C#N)c3ncccc23)CN(C(=O)CC2C3CNCC32)C1. The lowest BCUT2D eigenvalue weighted by molar-refractivity contribution is -0.133. The molecule has 0 bridgehead atoms. The van der Waals surface area contributed by atoms with E-state index >= 15 is 0 Å². The molecule has 0 radical (unpaired) electrons. The van der Waals surface area contributed by atoms with Crippen LogP contribution >= 0.6 is 0 Å². The average Bonchev–Trinajstić information content (AvgIpc) is 3.12. The molecule has 2 aliphatic heterocycles. The number of rotatable bonds is 3. The van der Waals surface area contributed by atoms with Crippen molar-refractivity contribution in [3.63, 3.8) is 0 Å². The van der Waals surface area contributed by atoms with E-state index in [9.17, 15) is 10.1 Å². The number of benzene rings is 1. The Kier molecular flexibility index (Phi) is 4.32. The molecule has 5 heteroatoms. The summed E-state index contributed by atoms with van der Waals surface area (Å²) >= 11 is 0. The number of hydrogen-bond acceptors (Lipinski definition) is 4. The molecule has 1 N–H and O–H groups in total. The van der Waals surface area contributed by atoms with Crippen LogP contribution in [0.25, 0.3) is 10.9 Å². The second-order valence-corrected chi connectivity index (χ2v) is 8.90. The van der Waals surface area contributed by atoms with Crippen LogP contribution in [0.2, 0.25) is 0 Å². The Bertz CT molecular complexity index is 955. The van der Waals surface area contributed by atoms with Gasteiger partial charge in [0, 0.05) is 37.0 Å². The second kappa shape index (κ2) is 6.86. The van der Waals surface area contributed by atoms with Gasteiger partial charge < -0.3 is 10.2 Å². The van der Waals surface area contributed by atoms with Crippen molar-refractivity contribution in [3.8, 4) is 6.07 Å². The number of nitrogens with zero attached hydrogens (tertiary/aromatic N) is 3. The normalized spacial score (nSPS) is 31.4. The molecule has 2 aromatic rings. The minimum atomic E-state index is 0.299. The number of fused-ring (bicyclic) bond motifs is 2. The lowest BCUT2D eigenvalue weighted by Gasteiger charge is -2.37. The maximum atomic E-state index is 13.0. The summed E-state index contributed by atoms with van der Waals surface area (Å²) in [6.45, 7) is 6.06. The number of nitrogens with one attached hydrogen (secondary N) is 1. The van der Waals surface area contributed by atoms with E-state index in [4.69, 9.17) is 0 Å². The first kappa shape index (κ1) is 17.6. The van der Waals surface area contributed by atoms with E-state index in [1.54, 1.807) is 6.20 Å². The minimum Gasteiger partial charge on any atom is -0.342 e. The predicted molar refractivity (Wildman–Crippen MR) is 108 cm³/mol. The summed E-state index contributed by atoms with van der Waals surface area (Å²) in [5.74, 6) is 3.17. The highest BCUT2D eigenvalue weighted by atomic mass is 16.2. The topological polar surface area (TPSA) is 69.0 Å². The fourth-order valence-corrected chi connectivity index (χ4v) is 5.60. The number of amides is 1. The lowest BCUT2D eigenvalue weighted by Crippen LogP contribution is -2.43. The van der Waals surface area contributed by atoms with Crippen molar-refractivity contribution >= 4 is 16.8 Å². The van der Waals surface area contributed by atoms with Crippen LogP contribution in [-0.2, 0) is 4.79 Å². The van der Waals surface area contributed by atoms with Gasteiger partial charge in [-0.15, -0.1) is 0 Å². The Morgan fingerprint density at radius 2 is 2.11 bits per heavy atom. The first-order valence-corrected chi connectivity index (χ1v) is 10.4. The molecule has 2 saturated heterocycles. The number of piperidine rings is 2. The molecule has 3 aliphatic rings. The van der Waals surface area contributed by atoms with Crippen LogP contribution < -0.4 is 5.32 Å². The molecule has 1 saturated carbocycles. The van der Waals surface area contributed by atoms with Gasteiger partial charge in [-0.1, -0.05) is 19.1 Å². The molecular formula is C23H26N4O. The zero-order valence-corrected chi connectivity index (χ0v) is 16.3. The minimum absolute atomic E-state index is 0.299. The second-order valence-electron chi connectivity index (χ2n) is 8.90. The van der Waals surface area contributed by atoms with E-state index in [-0.39, 0.29) is 0 Å². The molecule has 1 aromatic carbocycles. The molecule has 4 atom stereocenters. The number of aromatic nitrogens is 1. The van der Waals surface area contributed by atoms with E-state index in [2.05, 4.69) is 40.3 Å². The molecule has 1 amide bonds. The monoisotopic (exact) mass is 374 g/mol. The van der Waals surface area contributed by atoms with E-state index in [0.717, 1.165) is 55.3 Å². The van der Waals surface area contributed by atoms with Gasteiger partial charge in [0.25, 0.3) is 0 Å². The summed E-state index contributed by atoms with van der Waals surface area (Å²) in [6.07, 6.45) is 3.53. The van der Waals surface area contributed by atoms with Gasteiger partial charge in [0.05, 0.1) is 11.1 Å². The summed E-state index contributed by atoms with van der Waals surface area (Å²) in [4.78, 5) is 19.6. The number of likely N-dealkylation sites (tertiary alicyclic amines) is 1. The van der Waals surface area contributed by atoms with Crippen LogP contribution in [0.5, 0.6) is 0 Å². The summed E-state index contributed by atoms with van der Waals surface area (Å²) in [5, 5.41) is 13.9. The van der Waals surface area contributed by atoms with Crippen molar-refractivity contribution in [1.29, 1.82) is 5.26 Å². The number of carbonyl (C=O) groups is 1. The van der Waals surface area contributed by atoms with Crippen molar-refractivity contribution in [3.05, 3.63) is 41.6 Å². The largest absolute Gasteiger partial charge is 0.342 e. The standard InChI is InChI=1S/C23H26N4O/c1-14-7-16(17-5-4-15(9-24)23-18(17)3-2-6-26-23)13-27(12-14)22(28)8-19-20-10-25-11-21(19)20/h2-6,14,16,19-21,25H,7-8,10-13H2,1H3. The summed E-state index contributed by atoms with van der Waals surface area (Å²) in [7, 11) is 0. The Balaban J connectivity index is 1.38. The first-order valence-electron chi connectivity index (χ1n) is 10.4. The molecule has 5 rings (SSSR count). The smallest absolute Gasteiger partial charge is 0.222 e. The number of pyridine rings is 1. The van der Waals surface area contributed by atoms with E-state index in [0.29, 0.717) is 35.6 Å². The third-order valence-corrected chi connectivity index (χ3v) is 7.06. The third-order valence-electron chi connectivity index (χ3n) is 7.06. The Morgan fingerprint density at radius 3 is 2.89 bits per heavy atom. The molecule has 0 spiro atoms. The van der Waals surface area contributed by atoms with Crippen molar-refractivity contribution in [2.75, 3.05) is 26.2 Å². The van der Waals surface area contributed by atoms with Gasteiger partial charge in [0.2, 0.25) is 5.91 Å². The number of hydrogen-bond donors (Lipinski definition) is 1. The summed E-state index contributed by atoms with van der Waals surface area (Å²) in [6, 6.07) is 10.2. The summed E-state index contributed by atoms with van der Waals surface area (Å²) in [5.41, 5.74) is 2.61. The Hall–Kier alpha value is -2.45. The van der Waals surface area contributed by atoms with E-state index in [1.165, 1.54) is 5.56 Å². The van der Waals surface area contributed by atoms with Crippen LogP contribution in [-0.4, -0.2) is 42.0 Å². The van der Waals surface area contributed by atoms with E-state index < -0.39 is 0 Å². The van der Waals surface area contributed by atoms with Crippen molar-refractivity contribution < 1.29 is 4.79 Å². The highest BCUT2D eigenvalue weighted by Gasteiger charge is 2.53. The maximum absolute atomic E-state index is 13.0. The zero-order chi connectivity index (χ0) is 19.3. The predicted octanol–water partition coefficient (Wildman–Crippen LogP) is 2.91. The first-order chi connectivity index (χ1) is 13.7. The van der Waals surface area contributed by atoms with Crippen molar-refractivity contribution in [2.24, 2.45) is 23.7 Å². The highest BCUT2D eigenvalue weighted by molar-refractivity contribution is 5.87. The van der Waals surface area contributed by atoms with Crippen LogP contribution in [0.3, 0.4) is 0 Å². The van der Waals surface area contributed by atoms with Crippen LogP contribution in [0, 0.1) is 35.0 Å². The van der Waals surface area contributed by atoms with Gasteiger partial charge in [-0.3, -0.25) is 9.78 Å². The number of nitriles is 1. The molecule has 4 unspecified atom stereocenters. The maximum Gasteiger partial charge on any atom is 0.222 e. The lowest BCUT2D eigenvalue weighted by atomic mass is 9.83. The van der Waals surface area contributed by atoms with Crippen LogP contribution in [0.4, 0.5) is 0 Å². The molecule has 28 heavy (non-hydrogen) atoms. The van der Waals surface area contributed by atoms with Gasteiger partial charge >= 0.3 is 0 Å².